The van der Waals surface area contributed by atoms with Crippen LogP contribution in [0.1, 0.15) is 5.56 Å². The first-order valence-corrected chi connectivity index (χ1v) is 4.58. The molecule has 0 unspecified atom stereocenters. The third kappa shape index (κ3) is 5.26. The molecule has 0 spiro atoms. The molecular formula is C13H12O2. The number of hydrogen-bond acceptors (Lipinski definition) is 1. The van der Waals surface area contributed by atoms with Crippen molar-refractivity contribution < 1.29 is 9.90 Å². The van der Waals surface area contributed by atoms with Gasteiger partial charge >= 0.3 is 5.97 Å². The molecular weight excluding hydrogens is 188 g/mol. The Morgan fingerprint density at radius 3 is 2.33 bits per heavy atom. The number of carboxylic acids is 1. The third-order valence-electron chi connectivity index (χ3n) is 1.66. The minimum Gasteiger partial charge on any atom is -0.478 e. The smallest absolute Gasteiger partial charge is 0.328 e. The first-order valence-electron chi connectivity index (χ1n) is 4.58. The Hall–Kier alpha value is -2.09. The zero-order valence-electron chi connectivity index (χ0n) is 8.21. The van der Waals surface area contributed by atoms with Crippen LogP contribution in [0.4, 0.5) is 0 Å². The highest BCUT2D eigenvalue weighted by Gasteiger charge is 1.80. The number of carboxylic acid groups (broad SMARTS) is 1. The number of allylic oxidation sites excluding steroid dienone is 4. The molecule has 1 rings (SSSR count). The van der Waals surface area contributed by atoms with Gasteiger partial charge in [-0.3, -0.25) is 0 Å². The van der Waals surface area contributed by atoms with Gasteiger partial charge in [-0.15, -0.1) is 0 Å². The van der Waals surface area contributed by atoms with Crippen molar-refractivity contribution in [3.63, 3.8) is 0 Å². The van der Waals surface area contributed by atoms with Crippen LogP contribution >= 0.6 is 0 Å². The molecule has 0 fully saturated rings. The molecule has 2 heteroatoms. The molecule has 0 aliphatic carbocycles. The van der Waals surface area contributed by atoms with Crippen molar-refractivity contribution >= 4 is 12.0 Å². The van der Waals surface area contributed by atoms with E-state index in [1.54, 1.807) is 12.2 Å². The second kappa shape index (κ2) is 6.38. The lowest BCUT2D eigenvalue weighted by atomic mass is 10.2. The summed E-state index contributed by atoms with van der Waals surface area (Å²) < 4.78 is 0. The van der Waals surface area contributed by atoms with Gasteiger partial charge in [-0.1, -0.05) is 60.7 Å². The standard InChI is InChI=1S/C13H12O2/c14-13(15)11-7-2-1-4-8-12-9-5-3-6-10-12/h1-11H,(H,14,15)/b2-1-,8-4+,11-7+. The summed E-state index contributed by atoms with van der Waals surface area (Å²) in [4.78, 5) is 10.1. The van der Waals surface area contributed by atoms with Gasteiger partial charge in [-0.25, -0.2) is 4.79 Å². The molecule has 1 N–H and O–H groups in total. The first-order chi connectivity index (χ1) is 7.29. The molecule has 0 saturated carbocycles. The quantitative estimate of drug-likeness (QED) is 0.599. The molecule has 15 heavy (non-hydrogen) atoms. The molecule has 0 atom stereocenters. The fraction of sp³-hybridized carbons (Fsp3) is 0. The Balaban J connectivity index is 2.44. The molecule has 0 bridgehead atoms. The minimum atomic E-state index is -0.938. The SMILES string of the molecule is O=C(O)/C=C/C=C\C=C\c1ccccc1. The molecule has 0 radical (unpaired) electrons. The van der Waals surface area contributed by atoms with E-state index in [-0.39, 0.29) is 0 Å². The Morgan fingerprint density at radius 2 is 1.67 bits per heavy atom. The summed E-state index contributed by atoms with van der Waals surface area (Å²) in [5, 5.41) is 8.31. The fourth-order valence-corrected chi connectivity index (χ4v) is 0.997. The summed E-state index contributed by atoms with van der Waals surface area (Å²) >= 11 is 0. The molecule has 76 valence electrons. The van der Waals surface area contributed by atoms with Crippen LogP contribution in [0.2, 0.25) is 0 Å². The normalized spacial score (nSPS) is 11.7. The van der Waals surface area contributed by atoms with Crippen molar-refractivity contribution in [1.29, 1.82) is 0 Å². The Bertz CT molecular complexity index is 386. The molecule has 0 aliphatic heterocycles. The van der Waals surface area contributed by atoms with E-state index < -0.39 is 5.97 Å². The summed E-state index contributed by atoms with van der Waals surface area (Å²) in [5.41, 5.74) is 1.12. The molecule has 0 amide bonds. The number of carbonyl (C=O) groups is 1. The van der Waals surface area contributed by atoms with E-state index in [1.165, 1.54) is 6.08 Å². The van der Waals surface area contributed by atoms with Crippen LogP contribution in [0.25, 0.3) is 6.08 Å². The highest BCUT2D eigenvalue weighted by atomic mass is 16.4. The van der Waals surface area contributed by atoms with Crippen molar-refractivity contribution in [2.75, 3.05) is 0 Å². The lowest BCUT2D eigenvalue weighted by Gasteiger charge is -1.87. The molecule has 1 aromatic carbocycles. The molecule has 2 nitrogen and oxygen atoms in total. The monoisotopic (exact) mass is 200 g/mol. The van der Waals surface area contributed by atoms with Crippen LogP contribution in [0.3, 0.4) is 0 Å². The number of aliphatic carboxylic acids is 1. The maximum Gasteiger partial charge on any atom is 0.328 e. The van der Waals surface area contributed by atoms with Gasteiger partial charge in [0.25, 0.3) is 0 Å². The summed E-state index contributed by atoms with van der Waals surface area (Å²) in [6, 6.07) is 9.89. The Morgan fingerprint density at radius 1 is 1.00 bits per heavy atom. The van der Waals surface area contributed by atoms with Crippen molar-refractivity contribution in [3.05, 3.63) is 66.3 Å². The van der Waals surface area contributed by atoms with E-state index in [2.05, 4.69) is 0 Å². The van der Waals surface area contributed by atoms with Crippen LogP contribution in [0.5, 0.6) is 0 Å². The number of hydrogen-bond donors (Lipinski definition) is 1. The van der Waals surface area contributed by atoms with Crippen molar-refractivity contribution in [2.24, 2.45) is 0 Å². The summed E-state index contributed by atoms with van der Waals surface area (Å²) in [7, 11) is 0. The van der Waals surface area contributed by atoms with E-state index in [0.29, 0.717) is 0 Å². The average Bonchev–Trinajstić information content (AvgIpc) is 2.24. The van der Waals surface area contributed by atoms with Crippen molar-refractivity contribution in [1.82, 2.24) is 0 Å². The minimum absolute atomic E-state index is 0.938. The largest absolute Gasteiger partial charge is 0.478 e. The zero-order valence-corrected chi connectivity index (χ0v) is 8.21. The van der Waals surface area contributed by atoms with Gasteiger partial charge in [-0.05, 0) is 5.56 Å². The number of benzene rings is 1. The summed E-state index contributed by atoms with van der Waals surface area (Å²) in [6.07, 6.45) is 9.84. The summed E-state index contributed by atoms with van der Waals surface area (Å²) in [6.45, 7) is 0. The molecule has 0 aliphatic rings. The van der Waals surface area contributed by atoms with Crippen LogP contribution in [0, 0.1) is 0 Å². The predicted octanol–water partition coefficient (Wildman–Crippen LogP) is 2.90. The zero-order chi connectivity index (χ0) is 10.9. The Kier molecular flexibility index (Phi) is 4.67. The van der Waals surface area contributed by atoms with Crippen LogP contribution in [0.15, 0.2) is 60.7 Å². The second-order valence-electron chi connectivity index (χ2n) is 2.85. The molecule has 0 heterocycles. The predicted molar refractivity (Wildman–Crippen MR) is 61.4 cm³/mol. The Labute approximate surface area is 88.9 Å². The van der Waals surface area contributed by atoms with Gasteiger partial charge in [0.05, 0.1) is 0 Å². The van der Waals surface area contributed by atoms with Gasteiger partial charge in [0.2, 0.25) is 0 Å². The third-order valence-corrected chi connectivity index (χ3v) is 1.66. The van der Waals surface area contributed by atoms with Gasteiger partial charge < -0.3 is 5.11 Å². The summed E-state index contributed by atoms with van der Waals surface area (Å²) in [5.74, 6) is -0.938. The second-order valence-corrected chi connectivity index (χ2v) is 2.85. The molecule has 0 saturated heterocycles. The van der Waals surface area contributed by atoms with Gasteiger partial charge in [0, 0.05) is 6.08 Å². The number of rotatable bonds is 4. The maximum atomic E-state index is 10.1. The highest BCUT2D eigenvalue weighted by molar-refractivity contribution is 5.80. The van der Waals surface area contributed by atoms with E-state index >= 15 is 0 Å². The van der Waals surface area contributed by atoms with Gasteiger partial charge in [0.15, 0.2) is 0 Å². The topological polar surface area (TPSA) is 37.3 Å². The first kappa shape index (κ1) is 11.0. The fourth-order valence-electron chi connectivity index (χ4n) is 0.997. The van der Waals surface area contributed by atoms with Crippen molar-refractivity contribution in [2.45, 2.75) is 0 Å². The van der Waals surface area contributed by atoms with E-state index in [1.807, 2.05) is 42.5 Å². The van der Waals surface area contributed by atoms with E-state index in [0.717, 1.165) is 11.6 Å². The lowest BCUT2D eigenvalue weighted by Crippen LogP contribution is -1.84. The average molecular weight is 200 g/mol. The van der Waals surface area contributed by atoms with E-state index in [4.69, 9.17) is 5.11 Å². The molecule has 1 aromatic rings. The maximum absolute atomic E-state index is 10.1. The van der Waals surface area contributed by atoms with Gasteiger partial charge in [-0.2, -0.15) is 0 Å². The van der Waals surface area contributed by atoms with Crippen LogP contribution in [-0.2, 0) is 4.79 Å². The molecule has 0 aromatic heterocycles. The van der Waals surface area contributed by atoms with Gasteiger partial charge in [0.1, 0.15) is 0 Å². The lowest BCUT2D eigenvalue weighted by molar-refractivity contribution is -0.131. The van der Waals surface area contributed by atoms with Crippen LogP contribution in [-0.4, -0.2) is 11.1 Å². The van der Waals surface area contributed by atoms with E-state index in [9.17, 15) is 4.79 Å². The van der Waals surface area contributed by atoms with Crippen molar-refractivity contribution in [3.8, 4) is 0 Å². The highest BCUT2D eigenvalue weighted by Crippen LogP contribution is 2.00. The van der Waals surface area contributed by atoms with Crippen LogP contribution < -0.4 is 0 Å².